The molecule has 0 saturated heterocycles. The highest BCUT2D eigenvalue weighted by Crippen LogP contribution is 2.28. The largest absolute Gasteiger partial charge is 0.441 e. The average Bonchev–Trinajstić information content (AvgIpc) is 3.40. The Bertz CT molecular complexity index is 1070. The molecule has 4 aromatic rings. The molecule has 4 rings (SSSR count). The van der Waals surface area contributed by atoms with E-state index in [0.29, 0.717) is 23.1 Å². The first-order valence-electron chi connectivity index (χ1n) is 8.77. The summed E-state index contributed by atoms with van der Waals surface area (Å²) in [6.45, 7) is 0. The summed E-state index contributed by atoms with van der Waals surface area (Å²) in [6, 6.07) is 15.0. The Morgan fingerprint density at radius 2 is 1.96 bits per heavy atom. The van der Waals surface area contributed by atoms with E-state index in [4.69, 9.17) is 16.0 Å². The van der Waals surface area contributed by atoms with Crippen molar-refractivity contribution in [3.8, 4) is 17.0 Å². The highest BCUT2D eigenvalue weighted by molar-refractivity contribution is 6.33. The van der Waals surface area contributed by atoms with Crippen LogP contribution in [0.25, 0.3) is 17.0 Å². The highest BCUT2D eigenvalue weighted by Gasteiger charge is 2.11. The van der Waals surface area contributed by atoms with Crippen LogP contribution < -0.4 is 5.32 Å². The molecule has 0 radical (unpaired) electrons. The molecule has 7 heteroatoms. The number of nitrogens with zero attached hydrogens (tertiary/aromatic N) is 3. The van der Waals surface area contributed by atoms with Gasteiger partial charge in [0, 0.05) is 42.2 Å². The van der Waals surface area contributed by atoms with Gasteiger partial charge in [-0.1, -0.05) is 23.7 Å². The van der Waals surface area contributed by atoms with E-state index in [1.54, 1.807) is 24.8 Å². The van der Waals surface area contributed by atoms with Crippen molar-refractivity contribution in [2.75, 3.05) is 5.32 Å². The number of benzene rings is 2. The van der Waals surface area contributed by atoms with Crippen molar-refractivity contribution < 1.29 is 9.21 Å². The zero-order chi connectivity index (χ0) is 19.3. The van der Waals surface area contributed by atoms with Crippen molar-refractivity contribution in [3.63, 3.8) is 0 Å². The first-order valence-corrected chi connectivity index (χ1v) is 9.15. The van der Waals surface area contributed by atoms with Crippen molar-refractivity contribution >= 4 is 23.2 Å². The Kier molecular flexibility index (Phi) is 5.21. The Labute approximate surface area is 166 Å². The van der Waals surface area contributed by atoms with Crippen molar-refractivity contribution in [1.82, 2.24) is 14.5 Å². The summed E-state index contributed by atoms with van der Waals surface area (Å²) in [4.78, 5) is 20.5. The second-order valence-corrected chi connectivity index (χ2v) is 6.57. The third-order valence-electron chi connectivity index (χ3n) is 4.21. The minimum Gasteiger partial charge on any atom is -0.441 e. The second kappa shape index (κ2) is 8.10. The Hall–Kier alpha value is -3.38. The van der Waals surface area contributed by atoms with Crippen LogP contribution in [-0.4, -0.2) is 20.4 Å². The summed E-state index contributed by atoms with van der Waals surface area (Å²) in [5.41, 5.74) is 2.49. The fourth-order valence-electron chi connectivity index (χ4n) is 2.78. The zero-order valence-corrected chi connectivity index (χ0v) is 15.6. The molecule has 140 valence electrons. The van der Waals surface area contributed by atoms with Crippen LogP contribution in [0.15, 0.2) is 77.9 Å². The molecule has 0 aliphatic rings. The van der Waals surface area contributed by atoms with E-state index in [2.05, 4.69) is 15.3 Å². The van der Waals surface area contributed by atoms with Crippen molar-refractivity contribution in [2.45, 2.75) is 12.8 Å². The van der Waals surface area contributed by atoms with E-state index in [9.17, 15) is 4.79 Å². The van der Waals surface area contributed by atoms with Gasteiger partial charge < -0.3 is 14.3 Å². The number of anilines is 1. The topological polar surface area (TPSA) is 73.0 Å². The van der Waals surface area contributed by atoms with Gasteiger partial charge in [0.05, 0.1) is 17.5 Å². The summed E-state index contributed by atoms with van der Waals surface area (Å²) in [5.74, 6) is 0.990. The van der Waals surface area contributed by atoms with Gasteiger partial charge in [0.15, 0.2) is 11.7 Å². The van der Waals surface area contributed by atoms with E-state index >= 15 is 0 Å². The maximum absolute atomic E-state index is 12.2. The molecule has 1 amide bonds. The van der Waals surface area contributed by atoms with Crippen LogP contribution in [0.5, 0.6) is 0 Å². The number of oxazole rings is 1. The molecule has 1 N–H and O–H groups in total. The maximum atomic E-state index is 12.2. The van der Waals surface area contributed by atoms with Gasteiger partial charge in [-0.3, -0.25) is 4.79 Å². The smallest absolute Gasteiger partial charge is 0.224 e. The summed E-state index contributed by atoms with van der Waals surface area (Å²) in [6.07, 6.45) is 7.61. The highest BCUT2D eigenvalue weighted by atomic mass is 35.5. The lowest BCUT2D eigenvalue weighted by atomic mass is 10.2. The lowest BCUT2D eigenvalue weighted by Crippen LogP contribution is -2.12. The van der Waals surface area contributed by atoms with Gasteiger partial charge in [0.25, 0.3) is 0 Å². The third kappa shape index (κ3) is 4.13. The van der Waals surface area contributed by atoms with Crippen LogP contribution in [-0.2, 0) is 11.2 Å². The number of hydrogen-bond acceptors (Lipinski definition) is 4. The second-order valence-electron chi connectivity index (χ2n) is 6.16. The summed E-state index contributed by atoms with van der Waals surface area (Å²) < 4.78 is 7.62. The number of nitrogens with one attached hydrogen (secondary N) is 1. The molecule has 2 aromatic heterocycles. The molecule has 0 aliphatic heterocycles. The van der Waals surface area contributed by atoms with Crippen LogP contribution in [0.1, 0.15) is 12.3 Å². The fourth-order valence-corrected chi connectivity index (χ4v) is 3.01. The normalized spacial score (nSPS) is 10.8. The van der Waals surface area contributed by atoms with Crippen LogP contribution in [0.4, 0.5) is 5.69 Å². The predicted molar refractivity (Wildman–Crippen MR) is 107 cm³/mol. The number of imidazole rings is 1. The third-order valence-corrected chi connectivity index (χ3v) is 4.54. The zero-order valence-electron chi connectivity index (χ0n) is 14.9. The van der Waals surface area contributed by atoms with Crippen LogP contribution in [0.3, 0.4) is 0 Å². The van der Waals surface area contributed by atoms with Crippen molar-refractivity contribution in [2.24, 2.45) is 0 Å². The first kappa shape index (κ1) is 18.0. The molecule has 0 bridgehead atoms. The summed E-state index contributed by atoms with van der Waals surface area (Å²) in [7, 11) is 0. The molecule has 28 heavy (non-hydrogen) atoms. The number of carbonyl (C=O) groups is 1. The summed E-state index contributed by atoms with van der Waals surface area (Å²) >= 11 is 6.17. The molecule has 0 unspecified atom stereocenters. The van der Waals surface area contributed by atoms with E-state index in [-0.39, 0.29) is 12.3 Å². The Morgan fingerprint density at radius 3 is 2.71 bits per heavy atom. The molecule has 2 aromatic carbocycles. The molecule has 0 saturated carbocycles. The average molecular weight is 393 g/mol. The van der Waals surface area contributed by atoms with Crippen LogP contribution >= 0.6 is 11.6 Å². The standard InChI is InChI=1S/C21H17ClN4O2/c22-18-4-2-1-3-17(18)19-13-24-21(28-19)10-9-20(27)25-15-5-7-16(8-6-15)26-12-11-23-14-26/h1-8,11-14H,9-10H2,(H,25,27). The van der Waals surface area contributed by atoms with Crippen LogP contribution in [0, 0.1) is 0 Å². The molecule has 0 fully saturated rings. The fraction of sp³-hybridized carbons (Fsp3) is 0.0952. The lowest BCUT2D eigenvalue weighted by Gasteiger charge is -2.06. The van der Waals surface area contributed by atoms with Crippen molar-refractivity contribution in [3.05, 3.63) is 84.4 Å². The quantitative estimate of drug-likeness (QED) is 0.513. The Balaban J connectivity index is 1.33. The number of hydrogen-bond donors (Lipinski definition) is 1. The number of aryl methyl sites for hydroxylation is 1. The molecular weight excluding hydrogens is 376 g/mol. The minimum absolute atomic E-state index is 0.104. The van der Waals surface area contributed by atoms with Gasteiger partial charge in [-0.15, -0.1) is 0 Å². The van der Waals surface area contributed by atoms with Gasteiger partial charge in [0.1, 0.15) is 0 Å². The van der Waals surface area contributed by atoms with Gasteiger partial charge in [0.2, 0.25) is 5.91 Å². The first-order chi connectivity index (χ1) is 13.7. The number of aromatic nitrogens is 3. The SMILES string of the molecule is O=C(CCc1ncc(-c2ccccc2Cl)o1)Nc1ccc(-n2ccnc2)cc1. The number of halogens is 1. The predicted octanol–water partition coefficient (Wildman–Crippen LogP) is 4.75. The molecular formula is C21H17ClN4O2. The van der Waals surface area contributed by atoms with E-state index in [0.717, 1.165) is 16.9 Å². The monoisotopic (exact) mass is 392 g/mol. The van der Waals surface area contributed by atoms with E-state index < -0.39 is 0 Å². The molecule has 0 atom stereocenters. The van der Waals surface area contributed by atoms with Crippen LogP contribution in [0.2, 0.25) is 5.02 Å². The molecule has 0 spiro atoms. The molecule has 6 nitrogen and oxygen atoms in total. The minimum atomic E-state index is -0.104. The van der Waals surface area contributed by atoms with E-state index in [1.807, 2.05) is 53.2 Å². The van der Waals surface area contributed by atoms with E-state index in [1.165, 1.54) is 0 Å². The van der Waals surface area contributed by atoms with Gasteiger partial charge in [-0.05, 0) is 36.4 Å². The maximum Gasteiger partial charge on any atom is 0.224 e. The van der Waals surface area contributed by atoms with Crippen molar-refractivity contribution in [1.29, 1.82) is 0 Å². The lowest BCUT2D eigenvalue weighted by molar-refractivity contribution is -0.116. The molecule has 0 aliphatic carbocycles. The van der Waals surface area contributed by atoms with Gasteiger partial charge in [-0.25, -0.2) is 9.97 Å². The number of amides is 1. The Morgan fingerprint density at radius 1 is 1.14 bits per heavy atom. The number of carbonyl (C=O) groups excluding carboxylic acids is 1. The van der Waals surface area contributed by atoms with Gasteiger partial charge in [-0.2, -0.15) is 0 Å². The van der Waals surface area contributed by atoms with Gasteiger partial charge >= 0.3 is 0 Å². The molecule has 2 heterocycles. The number of rotatable bonds is 6. The summed E-state index contributed by atoms with van der Waals surface area (Å²) in [5, 5.41) is 3.48.